The van der Waals surface area contributed by atoms with Crippen LogP contribution in [0.4, 0.5) is 0 Å². The first-order valence-corrected chi connectivity index (χ1v) is 6.83. The van der Waals surface area contributed by atoms with Gasteiger partial charge in [0.2, 0.25) is 0 Å². The van der Waals surface area contributed by atoms with Crippen LogP contribution >= 0.6 is 0 Å². The molecule has 1 aliphatic rings. The van der Waals surface area contributed by atoms with E-state index in [1.807, 2.05) is 13.8 Å². The van der Waals surface area contributed by atoms with Crippen molar-refractivity contribution in [3.8, 4) is 0 Å². The molecule has 0 aromatic heterocycles. The lowest BCUT2D eigenvalue weighted by Gasteiger charge is -2.37. The maximum Gasteiger partial charge on any atom is -0.0298 e. The molecule has 0 amide bonds. The highest BCUT2D eigenvalue weighted by molar-refractivity contribution is 4.81. The van der Waals surface area contributed by atoms with Gasteiger partial charge >= 0.3 is 0 Å². The van der Waals surface area contributed by atoms with Crippen molar-refractivity contribution in [2.24, 2.45) is 5.41 Å². The van der Waals surface area contributed by atoms with E-state index in [1.54, 1.807) is 0 Å². The Kier molecular flexibility index (Phi) is 8.32. The lowest BCUT2D eigenvalue weighted by Crippen LogP contribution is -2.23. The molecule has 0 aromatic rings. The monoisotopic (exact) mass is 198 g/mol. The van der Waals surface area contributed by atoms with Crippen molar-refractivity contribution in [1.29, 1.82) is 0 Å². The minimum Gasteiger partial charge on any atom is -0.0683 e. The van der Waals surface area contributed by atoms with Crippen molar-refractivity contribution >= 4 is 0 Å². The lowest BCUT2D eigenvalue weighted by atomic mass is 9.69. The van der Waals surface area contributed by atoms with Gasteiger partial charge in [0.1, 0.15) is 0 Å². The molecule has 0 heterocycles. The lowest BCUT2D eigenvalue weighted by molar-refractivity contribution is 0.154. The highest BCUT2D eigenvalue weighted by atomic mass is 14.3. The second kappa shape index (κ2) is 8.32. The molecule has 0 saturated heterocycles. The Morgan fingerprint density at radius 2 is 1.21 bits per heavy atom. The van der Waals surface area contributed by atoms with Gasteiger partial charge in [-0.2, -0.15) is 0 Å². The van der Waals surface area contributed by atoms with E-state index in [4.69, 9.17) is 0 Å². The molecule has 0 aliphatic heterocycles. The quantitative estimate of drug-likeness (QED) is 0.554. The zero-order chi connectivity index (χ0) is 10.9. The SMILES string of the molecule is CC.CCCC1(CCC)CCCCC1. The molecule has 0 unspecified atom stereocenters. The molecule has 1 fully saturated rings. The number of hydrogen-bond donors (Lipinski definition) is 0. The normalized spacial score (nSPS) is 19.7. The molecule has 0 N–H and O–H groups in total. The summed E-state index contributed by atoms with van der Waals surface area (Å²) in [6.45, 7) is 8.68. The minimum atomic E-state index is 0.780. The fourth-order valence-corrected chi connectivity index (χ4v) is 2.99. The molecule has 1 rings (SSSR count). The van der Waals surface area contributed by atoms with Crippen molar-refractivity contribution in [2.75, 3.05) is 0 Å². The van der Waals surface area contributed by atoms with E-state index in [2.05, 4.69) is 13.8 Å². The average molecular weight is 198 g/mol. The summed E-state index contributed by atoms with van der Waals surface area (Å²) in [6, 6.07) is 0. The van der Waals surface area contributed by atoms with Gasteiger partial charge in [-0.3, -0.25) is 0 Å². The van der Waals surface area contributed by atoms with Crippen molar-refractivity contribution < 1.29 is 0 Å². The molecule has 0 bridgehead atoms. The predicted octanol–water partition coefficient (Wildman–Crippen LogP) is 5.56. The smallest absolute Gasteiger partial charge is 0.0298 e. The maximum absolute atomic E-state index is 2.34. The second-order valence-electron chi connectivity index (χ2n) is 4.56. The Hall–Kier alpha value is 0. The maximum atomic E-state index is 2.34. The molecule has 0 nitrogen and oxygen atoms in total. The van der Waals surface area contributed by atoms with E-state index in [1.165, 1.54) is 57.8 Å². The summed E-state index contributed by atoms with van der Waals surface area (Å²) >= 11 is 0. The average Bonchev–Trinajstić information content (AvgIpc) is 2.23. The summed E-state index contributed by atoms with van der Waals surface area (Å²) in [5, 5.41) is 0. The summed E-state index contributed by atoms with van der Waals surface area (Å²) in [7, 11) is 0. The number of hydrogen-bond acceptors (Lipinski definition) is 0. The standard InChI is InChI=1S/C12H24.C2H6/c1-3-8-12(9-4-2)10-6-5-7-11-12;1-2/h3-11H2,1-2H3;1-2H3. The van der Waals surface area contributed by atoms with E-state index in [0.29, 0.717) is 0 Å². The Balaban J connectivity index is 0.000000791. The van der Waals surface area contributed by atoms with Crippen molar-refractivity contribution in [3.05, 3.63) is 0 Å². The summed E-state index contributed by atoms with van der Waals surface area (Å²) in [6.07, 6.45) is 13.3. The highest BCUT2D eigenvalue weighted by Gasteiger charge is 2.29. The van der Waals surface area contributed by atoms with E-state index in [0.717, 1.165) is 5.41 Å². The van der Waals surface area contributed by atoms with E-state index in [-0.39, 0.29) is 0 Å². The third kappa shape index (κ3) is 4.48. The van der Waals surface area contributed by atoms with E-state index < -0.39 is 0 Å². The molecule has 14 heavy (non-hydrogen) atoms. The van der Waals surface area contributed by atoms with Gasteiger partial charge in [-0.15, -0.1) is 0 Å². The van der Waals surface area contributed by atoms with Crippen LogP contribution in [0.5, 0.6) is 0 Å². The molecule has 1 saturated carbocycles. The van der Waals surface area contributed by atoms with Crippen molar-refractivity contribution in [1.82, 2.24) is 0 Å². The topological polar surface area (TPSA) is 0 Å². The van der Waals surface area contributed by atoms with Crippen LogP contribution in [-0.4, -0.2) is 0 Å². The Labute approximate surface area is 91.5 Å². The van der Waals surface area contributed by atoms with Crippen LogP contribution in [0.1, 0.15) is 85.5 Å². The largest absolute Gasteiger partial charge is 0.0683 e. The van der Waals surface area contributed by atoms with Crippen molar-refractivity contribution in [2.45, 2.75) is 85.5 Å². The van der Waals surface area contributed by atoms with E-state index in [9.17, 15) is 0 Å². The van der Waals surface area contributed by atoms with Gasteiger partial charge in [0, 0.05) is 0 Å². The van der Waals surface area contributed by atoms with Gasteiger partial charge in [-0.1, -0.05) is 59.8 Å². The van der Waals surface area contributed by atoms with Crippen LogP contribution in [0.3, 0.4) is 0 Å². The molecule has 86 valence electrons. The first-order valence-electron chi connectivity index (χ1n) is 6.83. The van der Waals surface area contributed by atoms with Crippen LogP contribution in [0.15, 0.2) is 0 Å². The third-order valence-corrected chi connectivity index (χ3v) is 3.47. The summed E-state index contributed by atoms with van der Waals surface area (Å²) in [5.74, 6) is 0. The first kappa shape index (κ1) is 14.0. The van der Waals surface area contributed by atoms with Gasteiger partial charge in [0.15, 0.2) is 0 Å². The Morgan fingerprint density at radius 1 is 0.786 bits per heavy atom. The molecule has 1 aliphatic carbocycles. The fraction of sp³-hybridized carbons (Fsp3) is 1.00. The molecule has 0 atom stereocenters. The predicted molar refractivity (Wildman–Crippen MR) is 66.7 cm³/mol. The molecule has 0 radical (unpaired) electrons. The van der Waals surface area contributed by atoms with Crippen LogP contribution in [0.2, 0.25) is 0 Å². The Morgan fingerprint density at radius 3 is 1.57 bits per heavy atom. The fourth-order valence-electron chi connectivity index (χ4n) is 2.99. The summed E-state index contributed by atoms with van der Waals surface area (Å²) < 4.78 is 0. The minimum absolute atomic E-state index is 0.780. The molecule has 0 heteroatoms. The summed E-state index contributed by atoms with van der Waals surface area (Å²) in [4.78, 5) is 0. The van der Waals surface area contributed by atoms with Crippen LogP contribution in [-0.2, 0) is 0 Å². The van der Waals surface area contributed by atoms with Gasteiger partial charge in [0.25, 0.3) is 0 Å². The third-order valence-electron chi connectivity index (χ3n) is 3.47. The molecule has 0 aromatic carbocycles. The molecular formula is C14H30. The van der Waals surface area contributed by atoms with Crippen LogP contribution < -0.4 is 0 Å². The number of rotatable bonds is 4. The zero-order valence-electron chi connectivity index (χ0n) is 10.9. The molecule has 0 spiro atoms. The van der Waals surface area contributed by atoms with Crippen LogP contribution in [0, 0.1) is 5.41 Å². The molecular weight excluding hydrogens is 168 g/mol. The first-order chi connectivity index (χ1) is 6.83. The van der Waals surface area contributed by atoms with Crippen LogP contribution in [0.25, 0.3) is 0 Å². The Bertz CT molecular complexity index is 93.7. The van der Waals surface area contributed by atoms with E-state index >= 15 is 0 Å². The summed E-state index contributed by atoms with van der Waals surface area (Å²) in [5.41, 5.74) is 0.780. The second-order valence-corrected chi connectivity index (χ2v) is 4.56. The zero-order valence-corrected chi connectivity index (χ0v) is 10.9. The van der Waals surface area contributed by atoms with Gasteiger partial charge in [-0.25, -0.2) is 0 Å². The van der Waals surface area contributed by atoms with Gasteiger partial charge in [0.05, 0.1) is 0 Å². The van der Waals surface area contributed by atoms with Crippen molar-refractivity contribution in [3.63, 3.8) is 0 Å². The van der Waals surface area contributed by atoms with Gasteiger partial charge < -0.3 is 0 Å². The highest BCUT2D eigenvalue weighted by Crippen LogP contribution is 2.43. The van der Waals surface area contributed by atoms with Gasteiger partial charge in [-0.05, 0) is 31.1 Å².